The lowest BCUT2D eigenvalue weighted by atomic mass is 9.93. The molecule has 3 aliphatic heterocycles. The molecular weight excluding hydrogens is 496 g/mol. The van der Waals surface area contributed by atoms with Crippen LogP contribution in [-0.4, -0.2) is 66.3 Å². The molecule has 5 rings (SSSR count). The predicted octanol–water partition coefficient (Wildman–Crippen LogP) is 3.66. The van der Waals surface area contributed by atoms with Gasteiger partial charge in [-0.25, -0.2) is 0 Å². The van der Waals surface area contributed by atoms with Gasteiger partial charge in [-0.05, 0) is 67.1 Å². The van der Waals surface area contributed by atoms with Crippen molar-refractivity contribution in [3.8, 4) is 0 Å². The SMILES string of the molecule is C[C@@H]1[C@@H]([Si](C)(C)O)[C@H](CC(=O)N2Cc3ccccc3C[C@H]2CO)O[C@@H]1CCc1ccc(N2CCC2=O)cc1. The first-order valence-electron chi connectivity index (χ1n) is 13.9. The maximum atomic E-state index is 13.6. The number of aryl methyl sites for hydroxylation is 1. The molecule has 2 N–H and O–H groups in total. The van der Waals surface area contributed by atoms with E-state index in [-0.39, 0.29) is 54.6 Å². The fourth-order valence-electron chi connectivity index (χ4n) is 6.68. The standard InChI is InChI=1S/C30H40N2O5Si/c1-20-26(13-10-21-8-11-24(12-9-21)31-15-14-28(31)34)37-27(30(20)38(2,3)36)17-29(35)32-18-23-7-5-4-6-22(23)16-25(32)19-33/h4-9,11-12,20,25-27,30,33,36H,10,13-19H2,1-3H3/t20-,25-,26+,27-,30+/m0/s1. The van der Waals surface area contributed by atoms with Crippen LogP contribution in [0.5, 0.6) is 0 Å². The number of aliphatic hydroxyl groups excluding tert-OH is 1. The molecule has 204 valence electrons. The number of ether oxygens (including phenoxy) is 1. The summed E-state index contributed by atoms with van der Waals surface area (Å²) in [6.07, 6.45) is 2.77. The first kappa shape index (κ1) is 27.1. The van der Waals surface area contributed by atoms with Crippen LogP contribution < -0.4 is 4.90 Å². The van der Waals surface area contributed by atoms with E-state index in [0.717, 1.165) is 30.6 Å². The average Bonchev–Trinajstić information content (AvgIpc) is 3.21. The summed E-state index contributed by atoms with van der Waals surface area (Å²) in [5.74, 6) is 0.302. The molecule has 2 saturated heterocycles. The summed E-state index contributed by atoms with van der Waals surface area (Å²) in [6, 6.07) is 16.0. The molecule has 3 aliphatic rings. The highest BCUT2D eigenvalue weighted by Gasteiger charge is 2.50. The maximum absolute atomic E-state index is 13.6. The number of benzene rings is 2. The lowest BCUT2D eigenvalue weighted by Gasteiger charge is -2.37. The van der Waals surface area contributed by atoms with Crippen molar-refractivity contribution in [2.45, 2.75) is 82.5 Å². The van der Waals surface area contributed by atoms with Gasteiger partial charge in [0.15, 0.2) is 8.32 Å². The van der Waals surface area contributed by atoms with E-state index >= 15 is 0 Å². The molecule has 2 amide bonds. The van der Waals surface area contributed by atoms with E-state index in [0.29, 0.717) is 19.4 Å². The van der Waals surface area contributed by atoms with Gasteiger partial charge in [-0.1, -0.05) is 43.3 Å². The number of carbonyl (C=O) groups excluding carboxylic acids is 2. The van der Waals surface area contributed by atoms with Crippen molar-refractivity contribution in [2.24, 2.45) is 5.92 Å². The van der Waals surface area contributed by atoms with Gasteiger partial charge in [0.2, 0.25) is 11.8 Å². The highest BCUT2D eigenvalue weighted by atomic mass is 28.4. The number of amides is 2. The molecule has 0 saturated carbocycles. The molecule has 0 unspecified atom stereocenters. The van der Waals surface area contributed by atoms with Crippen LogP contribution in [0.4, 0.5) is 5.69 Å². The van der Waals surface area contributed by atoms with Gasteiger partial charge < -0.3 is 24.4 Å². The van der Waals surface area contributed by atoms with E-state index < -0.39 is 8.32 Å². The number of hydrogen-bond acceptors (Lipinski definition) is 5. The summed E-state index contributed by atoms with van der Waals surface area (Å²) in [5, 5.41) is 10.0. The summed E-state index contributed by atoms with van der Waals surface area (Å²) in [7, 11) is -2.61. The molecule has 2 aromatic rings. The van der Waals surface area contributed by atoms with Crippen molar-refractivity contribution in [1.29, 1.82) is 0 Å². The fourth-order valence-corrected chi connectivity index (χ4v) is 9.29. The summed E-state index contributed by atoms with van der Waals surface area (Å²) in [5.41, 5.74) is 4.41. The molecule has 7 nitrogen and oxygen atoms in total. The van der Waals surface area contributed by atoms with Gasteiger partial charge in [0, 0.05) is 30.7 Å². The molecule has 38 heavy (non-hydrogen) atoms. The first-order valence-corrected chi connectivity index (χ1v) is 16.9. The van der Waals surface area contributed by atoms with Crippen LogP contribution in [0.1, 0.15) is 42.9 Å². The van der Waals surface area contributed by atoms with Gasteiger partial charge in [-0.2, -0.15) is 0 Å². The third-order valence-electron chi connectivity index (χ3n) is 8.80. The van der Waals surface area contributed by atoms with E-state index in [1.165, 1.54) is 11.1 Å². The highest BCUT2D eigenvalue weighted by molar-refractivity contribution is 6.71. The second-order valence-electron chi connectivity index (χ2n) is 11.8. The molecular formula is C30H40N2O5Si. The number of anilines is 1. The number of fused-ring (bicyclic) bond motifs is 1. The Balaban J connectivity index is 1.24. The number of β-lactam (4-membered cyclic amide) rings is 1. The van der Waals surface area contributed by atoms with Gasteiger partial charge in [0.1, 0.15) is 0 Å². The summed E-state index contributed by atoms with van der Waals surface area (Å²) in [4.78, 5) is 40.1. The number of rotatable bonds is 8. The first-order chi connectivity index (χ1) is 18.2. The average molecular weight is 537 g/mol. The lowest BCUT2D eigenvalue weighted by Crippen LogP contribution is -2.48. The number of carbonyl (C=O) groups is 2. The zero-order chi connectivity index (χ0) is 27.0. The molecule has 3 heterocycles. The quantitative estimate of drug-likeness (QED) is 0.397. The van der Waals surface area contributed by atoms with Gasteiger partial charge in [-0.3, -0.25) is 9.59 Å². The topological polar surface area (TPSA) is 90.3 Å². The predicted molar refractivity (Wildman–Crippen MR) is 149 cm³/mol. The van der Waals surface area contributed by atoms with Gasteiger partial charge in [0.05, 0.1) is 31.3 Å². The van der Waals surface area contributed by atoms with Crippen LogP contribution in [0.3, 0.4) is 0 Å². The van der Waals surface area contributed by atoms with Crippen molar-refractivity contribution in [2.75, 3.05) is 18.1 Å². The lowest BCUT2D eigenvalue weighted by molar-refractivity contribution is -0.138. The van der Waals surface area contributed by atoms with Crippen LogP contribution in [0.25, 0.3) is 0 Å². The minimum atomic E-state index is -2.61. The van der Waals surface area contributed by atoms with Crippen molar-refractivity contribution < 1.29 is 24.2 Å². The van der Waals surface area contributed by atoms with Crippen LogP contribution in [0.15, 0.2) is 48.5 Å². The second-order valence-corrected chi connectivity index (χ2v) is 15.8. The van der Waals surface area contributed by atoms with Gasteiger partial charge in [-0.15, -0.1) is 0 Å². The molecule has 8 heteroatoms. The Kier molecular flexibility index (Phi) is 7.78. The fraction of sp³-hybridized carbons (Fsp3) is 0.533. The Labute approximate surface area is 226 Å². The minimum Gasteiger partial charge on any atom is -0.432 e. The normalized spacial score (nSPS) is 27.3. The molecule has 2 aromatic carbocycles. The van der Waals surface area contributed by atoms with Crippen molar-refractivity contribution in [3.63, 3.8) is 0 Å². The Bertz CT molecular complexity index is 1160. The maximum Gasteiger partial charge on any atom is 0.228 e. The minimum absolute atomic E-state index is 0.0178. The Hall–Kier alpha value is -2.52. The van der Waals surface area contributed by atoms with Crippen molar-refractivity contribution >= 4 is 25.8 Å². The van der Waals surface area contributed by atoms with E-state index in [2.05, 4.69) is 25.1 Å². The highest BCUT2D eigenvalue weighted by Crippen LogP contribution is 2.46. The third kappa shape index (κ3) is 5.45. The zero-order valence-corrected chi connectivity index (χ0v) is 23.7. The number of nitrogens with zero attached hydrogens (tertiary/aromatic N) is 2. The number of aliphatic hydroxyl groups is 1. The molecule has 0 radical (unpaired) electrons. The number of hydrogen-bond donors (Lipinski definition) is 2. The molecule has 0 spiro atoms. The monoisotopic (exact) mass is 536 g/mol. The second kappa shape index (κ2) is 10.9. The third-order valence-corrected chi connectivity index (χ3v) is 11.3. The van der Waals surface area contributed by atoms with E-state index in [4.69, 9.17) is 4.74 Å². The molecule has 2 fully saturated rings. The Morgan fingerprint density at radius 3 is 2.39 bits per heavy atom. The van der Waals surface area contributed by atoms with E-state index in [1.54, 1.807) is 9.80 Å². The van der Waals surface area contributed by atoms with Crippen LogP contribution in [0.2, 0.25) is 18.6 Å². The van der Waals surface area contributed by atoms with Gasteiger partial charge in [0.25, 0.3) is 0 Å². The van der Waals surface area contributed by atoms with Crippen LogP contribution in [0, 0.1) is 5.92 Å². The van der Waals surface area contributed by atoms with Gasteiger partial charge >= 0.3 is 0 Å². The molecule has 5 atom stereocenters. The van der Waals surface area contributed by atoms with E-state index in [1.807, 2.05) is 43.4 Å². The Morgan fingerprint density at radius 1 is 1.08 bits per heavy atom. The summed E-state index contributed by atoms with van der Waals surface area (Å²) >= 11 is 0. The van der Waals surface area contributed by atoms with Crippen LogP contribution in [-0.2, 0) is 33.7 Å². The summed E-state index contributed by atoms with van der Waals surface area (Å²) in [6.45, 7) is 7.25. The van der Waals surface area contributed by atoms with Crippen LogP contribution >= 0.6 is 0 Å². The van der Waals surface area contributed by atoms with E-state index in [9.17, 15) is 19.5 Å². The summed E-state index contributed by atoms with van der Waals surface area (Å²) < 4.78 is 6.55. The molecule has 0 bridgehead atoms. The zero-order valence-electron chi connectivity index (χ0n) is 22.7. The Morgan fingerprint density at radius 2 is 1.79 bits per heavy atom. The van der Waals surface area contributed by atoms with Crippen molar-refractivity contribution in [3.05, 3.63) is 65.2 Å². The van der Waals surface area contributed by atoms with Crippen molar-refractivity contribution in [1.82, 2.24) is 4.90 Å². The largest absolute Gasteiger partial charge is 0.432 e. The smallest absolute Gasteiger partial charge is 0.228 e. The molecule has 0 aromatic heterocycles. The molecule has 0 aliphatic carbocycles.